The van der Waals surface area contributed by atoms with Gasteiger partial charge in [0.2, 0.25) is 5.91 Å². The Balaban J connectivity index is 1.64. The molecule has 4 atom stereocenters. The molecule has 2 aromatic rings. The second-order valence-electron chi connectivity index (χ2n) is 9.94. The van der Waals surface area contributed by atoms with Crippen LogP contribution in [0, 0.1) is 30.5 Å². The van der Waals surface area contributed by atoms with E-state index in [2.05, 4.69) is 5.32 Å². The first-order chi connectivity index (χ1) is 17.4. The Morgan fingerprint density at radius 2 is 1.72 bits per heavy atom. The van der Waals surface area contributed by atoms with Gasteiger partial charge in [-0.05, 0) is 49.3 Å². The predicted molar refractivity (Wildman–Crippen MR) is 136 cm³/mol. The average molecular weight is 497 g/mol. The zero-order valence-electron chi connectivity index (χ0n) is 21.4. The molecule has 1 amide bonds. The van der Waals surface area contributed by atoms with E-state index in [1.54, 1.807) is 27.2 Å². The van der Waals surface area contributed by atoms with Crippen molar-refractivity contribution < 1.29 is 23.5 Å². The summed E-state index contributed by atoms with van der Waals surface area (Å²) < 4.78 is 25.7. The minimum absolute atomic E-state index is 0.0227. The first-order valence-corrected chi connectivity index (χ1v) is 12.8. The van der Waals surface area contributed by atoms with Gasteiger partial charge in [-0.15, -0.1) is 0 Å². The number of rotatable bonds is 8. The summed E-state index contributed by atoms with van der Waals surface area (Å²) in [7, 11) is 3.32. The van der Waals surface area contributed by atoms with E-state index in [-0.39, 0.29) is 35.4 Å². The topological polar surface area (TPSA) is 67.9 Å². The lowest BCUT2D eigenvalue weighted by Crippen LogP contribution is -2.54. The highest BCUT2D eigenvalue weighted by molar-refractivity contribution is 5.98. The molecule has 2 fully saturated rings. The van der Waals surface area contributed by atoms with Gasteiger partial charge in [0.1, 0.15) is 5.82 Å². The van der Waals surface area contributed by atoms with E-state index in [1.165, 1.54) is 6.07 Å². The number of nitrogens with zero attached hydrogens (tertiary/aromatic N) is 1. The van der Waals surface area contributed by atoms with E-state index < -0.39 is 12.0 Å². The largest absolute Gasteiger partial charge is 0.381 e. The highest BCUT2D eigenvalue weighted by atomic mass is 19.1. The molecular formula is C29H37FN2O4. The van der Waals surface area contributed by atoms with E-state index in [0.29, 0.717) is 43.7 Å². The van der Waals surface area contributed by atoms with Crippen molar-refractivity contribution in [1.82, 2.24) is 10.2 Å². The van der Waals surface area contributed by atoms with Crippen molar-refractivity contribution in [2.75, 3.05) is 40.4 Å². The number of nitrogens with one attached hydrogen (secondary N) is 1. The fourth-order valence-corrected chi connectivity index (χ4v) is 5.80. The summed E-state index contributed by atoms with van der Waals surface area (Å²) in [5.74, 6) is -1.21. The Bertz CT molecular complexity index is 1040. The lowest BCUT2D eigenvalue weighted by Gasteiger charge is -2.42. The fourth-order valence-electron chi connectivity index (χ4n) is 5.80. The third kappa shape index (κ3) is 5.69. The van der Waals surface area contributed by atoms with Crippen LogP contribution < -0.4 is 5.32 Å². The first-order valence-electron chi connectivity index (χ1n) is 12.8. The fraction of sp³-hybridized carbons (Fsp3) is 0.517. The van der Waals surface area contributed by atoms with Gasteiger partial charge in [-0.1, -0.05) is 42.5 Å². The number of hydrogen-bond donors (Lipinski definition) is 1. The van der Waals surface area contributed by atoms with Crippen LogP contribution in [-0.4, -0.2) is 63.1 Å². The summed E-state index contributed by atoms with van der Waals surface area (Å²) >= 11 is 0. The maximum absolute atomic E-state index is 14.4. The van der Waals surface area contributed by atoms with E-state index in [1.807, 2.05) is 41.3 Å². The molecule has 1 N–H and O–H groups in total. The minimum atomic E-state index is -0.426. The lowest BCUT2D eigenvalue weighted by atomic mass is 9.71. The van der Waals surface area contributed by atoms with Crippen LogP contribution in [0.4, 0.5) is 4.39 Å². The molecule has 194 valence electrons. The maximum Gasteiger partial charge on any atom is 0.227 e. The number of carbonyl (C=O) groups excluding carboxylic acids is 2. The maximum atomic E-state index is 14.4. The van der Waals surface area contributed by atoms with Crippen LogP contribution in [-0.2, 0) is 14.3 Å². The molecule has 0 spiro atoms. The zero-order valence-corrected chi connectivity index (χ0v) is 21.4. The number of carbonyl (C=O) groups is 2. The summed E-state index contributed by atoms with van der Waals surface area (Å²) in [5.41, 5.74) is 1.93. The number of ketones is 1. The standard InChI is InChI=1S/C29H37FN2O4/c1-19-22(10-7-11-26(19)30)27(36-3)16-23-24(28(33)20-8-5-4-6-9-20)17-31-18-25(23)29(34)32-14-12-21(35-2)13-15-32/h4-11,21,23-25,27,31H,12-18H2,1-3H3/t23-,24+,25-,27?/m1/s1. The molecule has 2 aromatic carbocycles. The molecule has 0 radical (unpaired) electrons. The van der Waals surface area contributed by atoms with Gasteiger partial charge in [0, 0.05) is 51.9 Å². The minimum Gasteiger partial charge on any atom is -0.381 e. The number of ether oxygens (including phenoxy) is 2. The van der Waals surface area contributed by atoms with Crippen LogP contribution >= 0.6 is 0 Å². The van der Waals surface area contributed by atoms with Crippen LogP contribution in [0.3, 0.4) is 0 Å². The summed E-state index contributed by atoms with van der Waals surface area (Å²) in [6.45, 7) is 4.04. The molecule has 2 aliphatic heterocycles. The Morgan fingerprint density at radius 3 is 2.39 bits per heavy atom. The number of piperidine rings is 2. The highest BCUT2D eigenvalue weighted by Crippen LogP contribution is 2.39. The smallest absolute Gasteiger partial charge is 0.227 e. The molecular weight excluding hydrogens is 459 g/mol. The first kappa shape index (κ1) is 26.5. The summed E-state index contributed by atoms with van der Waals surface area (Å²) in [4.78, 5) is 29.4. The van der Waals surface area contributed by atoms with Crippen LogP contribution in [0.15, 0.2) is 48.5 Å². The Labute approximate surface area is 213 Å². The normalized spacial score (nSPS) is 23.9. The van der Waals surface area contributed by atoms with Gasteiger partial charge in [0.05, 0.1) is 18.1 Å². The van der Waals surface area contributed by atoms with E-state index in [9.17, 15) is 14.0 Å². The Kier molecular flexibility index (Phi) is 8.88. The molecule has 0 aromatic heterocycles. The molecule has 0 bridgehead atoms. The number of Topliss-reactive ketones (excluding diaryl/α,β-unsaturated/α-hetero) is 1. The van der Waals surface area contributed by atoms with Crippen molar-refractivity contribution in [3.05, 3.63) is 71.0 Å². The van der Waals surface area contributed by atoms with Gasteiger partial charge in [0.25, 0.3) is 0 Å². The van der Waals surface area contributed by atoms with E-state index in [4.69, 9.17) is 9.47 Å². The SMILES string of the molecule is COC1CCN(C(=O)[C@@H]2CNC[C@H](C(=O)c3ccccc3)[C@H]2CC(OC)c2cccc(F)c2C)CC1. The van der Waals surface area contributed by atoms with Crippen LogP contribution in [0.1, 0.15) is 46.9 Å². The van der Waals surface area contributed by atoms with Crippen molar-refractivity contribution in [3.63, 3.8) is 0 Å². The van der Waals surface area contributed by atoms with Crippen LogP contribution in [0.5, 0.6) is 0 Å². The number of hydrogen-bond acceptors (Lipinski definition) is 5. The monoisotopic (exact) mass is 496 g/mol. The van der Waals surface area contributed by atoms with Gasteiger partial charge in [-0.25, -0.2) is 4.39 Å². The molecule has 0 aliphatic carbocycles. The number of benzene rings is 2. The van der Waals surface area contributed by atoms with Crippen molar-refractivity contribution in [2.45, 2.75) is 38.4 Å². The zero-order chi connectivity index (χ0) is 25.7. The summed E-state index contributed by atoms with van der Waals surface area (Å²) in [6.07, 6.45) is 1.82. The van der Waals surface area contributed by atoms with Gasteiger partial charge < -0.3 is 19.7 Å². The van der Waals surface area contributed by atoms with E-state index in [0.717, 1.165) is 18.4 Å². The number of likely N-dealkylation sites (tertiary alicyclic amines) is 1. The molecule has 1 unspecified atom stereocenters. The molecule has 2 saturated heterocycles. The van der Waals surface area contributed by atoms with Gasteiger partial charge in [0.15, 0.2) is 5.78 Å². The van der Waals surface area contributed by atoms with Crippen LogP contribution in [0.2, 0.25) is 0 Å². The van der Waals surface area contributed by atoms with Crippen molar-refractivity contribution in [1.29, 1.82) is 0 Å². The average Bonchev–Trinajstić information content (AvgIpc) is 2.93. The van der Waals surface area contributed by atoms with Gasteiger partial charge >= 0.3 is 0 Å². The number of halogens is 1. The summed E-state index contributed by atoms with van der Waals surface area (Å²) in [5, 5.41) is 3.36. The number of amides is 1. The lowest BCUT2D eigenvalue weighted by molar-refractivity contribution is -0.141. The van der Waals surface area contributed by atoms with Gasteiger partial charge in [-0.3, -0.25) is 9.59 Å². The number of methoxy groups -OCH3 is 2. The molecule has 2 aliphatic rings. The molecule has 7 heteroatoms. The second kappa shape index (κ2) is 12.1. The molecule has 2 heterocycles. The van der Waals surface area contributed by atoms with E-state index >= 15 is 0 Å². The van der Waals surface area contributed by atoms with Crippen molar-refractivity contribution in [2.24, 2.45) is 17.8 Å². The molecule has 6 nitrogen and oxygen atoms in total. The predicted octanol–water partition coefficient (Wildman–Crippen LogP) is 4.18. The van der Waals surface area contributed by atoms with Crippen molar-refractivity contribution in [3.8, 4) is 0 Å². The molecule has 4 rings (SSSR count). The molecule has 0 saturated carbocycles. The third-order valence-electron chi connectivity index (χ3n) is 7.99. The highest BCUT2D eigenvalue weighted by Gasteiger charge is 2.44. The van der Waals surface area contributed by atoms with Crippen molar-refractivity contribution >= 4 is 11.7 Å². The Morgan fingerprint density at radius 1 is 1.03 bits per heavy atom. The second-order valence-corrected chi connectivity index (χ2v) is 9.94. The van der Waals surface area contributed by atoms with Gasteiger partial charge in [-0.2, -0.15) is 0 Å². The Hall–Kier alpha value is -2.61. The molecule has 36 heavy (non-hydrogen) atoms. The van der Waals surface area contributed by atoms with Crippen LogP contribution in [0.25, 0.3) is 0 Å². The quantitative estimate of drug-likeness (QED) is 0.556. The summed E-state index contributed by atoms with van der Waals surface area (Å²) in [6, 6.07) is 14.2. The third-order valence-corrected chi connectivity index (χ3v) is 7.99.